The molecule has 0 saturated carbocycles. The van der Waals surface area contributed by atoms with E-state index in [0.29, 0.717) is 27.8 Å². The number of rotatable bonds is 2. The summed E-state index contributed by atoms with van der Waals surface area (Å²) in [7, 11) is 0. The van der Waals surface area contributed by atoms with E-state index in [4.69, 9.17) is 23.2 Å². The van der Waals surface area contributed by atoms with E-state index in [1.54, 1.807) is 17.0 Å². The van der Waals surface area contributed by atoms with Gasteiger partial charge < -0.3 is 10.2 Å². The fourth-order valence-corrected chi connectivity index (χ4v) is 3.44. The van der Waals surface area contributed by atoms with Gasteiger partial charge in [-0.05, 0) is 42.3 Å². The minimum absolute atomic E-state index is 0.0699. The van der Waals surface area contributed by atoms with Crippen LogP contribution in [0.5, 0.6) is 0 Å². The van der Waals surface area contributed by atoms with Gasteiger partial charge in [-0.25, -0.2) is 0 Å². The fraction of sp³-hybridized carbons (Fsp3) is 0.300. The van der Waals surface area contributed by atoms with Gasteiger partial charge in [0.1, 0.15) is 0 Å². The third-order valence-electron chi connectivity index (χ3n) is 4.30. The van der Waals surface area contributed by atoms with Gasteiger partial charge in [0, 0.05) is 28.4 Å². The summed E-state index contributed by atoms with van der Waals surface area (Å²) in [6.07, 6.45) is 0.814. The van der Waals surface area contributed by atoms with Crippen LogP contribution in [-0.4, -0.2) is 18.4 Å². The number of nitrogens with one attached hydrogen (secondary N) is 1. The van der Waals surface area contributed by atoms with E-state index >= 15 is 0 Å². The van der Waals surface area contributed by atoms with Crippen molar-refractivity contribution in [2.24, 2.45) is 5.41 Å². The molecular weight excluding hydrogens is 371 g/mol. The Morgan fingerprint density at radius 3 is 2.46 bits per heavy atom. The predicted octanol–water partition coefficient (Wildman–Crippen LogP) is 5.18. The molecular formula is C20H20Cl2N2O2. The van der Waals surface area contributed by atoms with E-state index in [9.17, 15) is 9.59 Å². The van der Waals surface area contributed by atoms with Crippen molar-refractivity contribution >= 4 is 46.4 Å². The normalized spacial score (nSPS) is 13.5. The first-order valence-electron chi connectivity index (χ1n) is 8.38. The molecule has 6 heteroatoms. The first kappa shape index (κ1) is 18.7. The maximum absolute atomic E-state index is 12.7. The lowest BCUT2D eigenvalue weighted by Gasteiger charge is -2.26. The SMILES string of the molecule is CC(C)(C)C(=O)N1CCc2ccc(NC(=O)c3ccc(Cl)cc3Cl)cc21. The second-order valence-electron chi connectivity index (χ2n) is 7.38. The van der Waals surface area contributed by atoms with Crippen molar-refractivity contribution in [3.8, 4) is 0 Å². The molecule has 0 aliphatic carbocycles. The van der Waals surface area contributed by atoms with Crippen LogP contribution in [-0.2, 0) is 11.2 Å². The zero-order valence-corrected chi connectivity index (χ0v) is 16.4. The summed E-state index contributed by atoms with van der Waals surface area (Å²) < 4.78 is 0. The summed E-state index contributed by atoms with van der Waals surface area (Å²) in [6, 6.07) is 10.4. The Morgan fingerprint density at radius 2 is 1.81 bits per heavy atom. The highest BCUT2D eigenvalue weighted by atomic mass is 35.5. The summed E-state index contributed by atoms with van der Waals surface area (Å²) in [5.41, 5.74) is 2.46. The molecule has 0 fully saturated rings. The first-order chi connectivity index (χ1) is 12.2. The molecule has 2 aromatic carbocycles. The quantitative estimate of drug-likeness (QED) is 0.767. The fourth-order valence-electron chi connectivity index (χ4n) is 2.94. The van der Waals surface area contributed by atoms with Crippen LogP contribution in [0.25, 0.3) is 0 Å². The Balaban J connectivity index is 1.85. The largest absolute Gasteiger partial charge is 0.322 e. The highest BCUT2D eigenvalue weighted by Gasteiger charge is 2.32. The molecule has 4 nitrogen and oxygen atoms in total. The molecule has 26 heavy (non-hydrogen) atoms. The second kappa shape index (κ2) is 6.93. The average molecular weight is 391 g/mol. The lowest BCUT2D eigenvalue weighted by Crippen LogP contribution is -2.38. The smallest absolute Gasteiger partial charge is 0.257 e. The van der Waals surface area contributed by atoms with Gasteiger partial charge in [0.15, 0.2) is 0 Å². The third-order valence-corrected chi connectivity index (χ3v) is 4.85. The minimum Gasteiger partial charge on any atom is -0.322 e. The molecule has 1 N–H and O–H groups in total. The zero-order chi connectivity index (χ0) is 19.1. The number of benzene rings is 2. The molecule has 0 aromatic heterocycles. The molecule has 0 saturated heterocycles. The van der Waals surface area contributed by atoms with Gasteiger partial charge in [-0.3, -0.25) is 9.59 Å². The summed E-state index contributed by atoms with van der Waals surface area (Å²) in [5.74, 6) is -0.251. The van der Waals surface area contributed by atoms with E-state index in [2.05, 4.69) is 5.32 Å². The van der Waals surface area contributed by atoms with Crippen LogP contribution in [0, 0.1) is 5.41 Å². The van der Waals surface area contributed by atoms with E-state index in [1.807, 2.05) is 39.0 Å². The number of fused-ring (bicyclic) bond motifs is 1. The third kappa shape index (κ3) is 3.71. The lowest BCUT2D eigenvalue weighted by molar-refractivity contribution is -0.125. The molecule has 0 unspecified atom stereocenters. The van der Waals surface area contributed by atoms with Gasteiger partial charge in [0.2, 0.25) is 5.91 Å². The van der Waals surface area contributed by atoms with Crippen molar-refractivity contribution in [3.63, 3.8) is 0 Å². The van der Waals surface area contributed by atoms with Gasteiger partial charge in [0.25, 0.3) is 5.91 Å². The highest BCUT2D eigenvalue weighted by Crippen LogP contribution is 2.34. The van der Waals surface area contributed by atoms with Crippen LogP contribution < -0.4 is 10.2 Å². The second-order valence-corrected chi connectivity index (χ2v) is 8.22. The topological polar surface area (TPSA) is 49.4 Å². The molecule has 1 aliphatic rings. The molecule has 0 spiro atoms. The Labute approximate surface area is 163 Å². The zero-order valence-electron chi connectivity index (χ0n) is 14.9. The molecule has 0 bridgehead atoms. The molecule has 1 heterocycles. The number of carbonyl (C=O) groups is 2. The number of halogens is 2. The number of carbonyl (C=O) groups excluding carboxylic acids is 2. The number of hydrogen-bond donors (Lipinski definition) is 1. The van der Waals surface area contributed by atoms with Crippen molar-refractivity contribution in [1.29, 1.82) is 0 Å². The van der Waals surface area contributed by atoms with Crippen molar-refractivity contribution in [2.45, 2.75) is 27.2 Å². The summed E-state index contributed by atoms with van der Waals surface area (Å²) >= 11 is 12.0. The summed E-state index contributed by atoms with van der Waals surface area (Å²) in [4.78, 5) is 27.0. The van der Waals surface area contributed by atoms with Crippen molar-refractivity contribution in [1.82, 2.24) is 0 Å². The van der Waals surface area contributed by atoms with Crippen LogP contribution in [0.2, 0.25) is 10.0 Å². The van der Waals surface area contributed by atoms with E-state index in [1.165, 1.54) is 6.07 Å². The summed E-state index contributed by atoms with van der Waals surface area (Å²) in [6.45, 7) is 6.37. The minimum atomic E-state index is -0.461. The number of amides is 2. The van der Waals surface area contributed by atoms with Gasteiger partial charge in [0.05, 0.1) is 10.6 Å². The molecule has 1 aliphatic heterocycles. The first-order valence-corrected chi connectivity index (χ1v) is 9.14. The van der Waals surface area contributed by atoms with Crippen LogP contribution >= 0.6 is 23.2 Å². The standard InChI is InChI=1S/C20H20Cl2N2O2/c1-20(2,3)19(26)24-9-8-12-4-6-14(11-17(12)24)23-18(25)15-7-5-13(21)10-16(15)22/h4-7,10-11H,8-9H2,1-3H3,(H,23,25). The van der Waals surface area contributed by atoms with Gasteiger partial charge in [-0.15, -0.1) is 0 Å². The van der Waals surface area contributed by atoms with Crippen LogP contribution in [0.3, 0.4) is 0 Å². The van der Waals surface area contributed by atoms with E-state index in [0.717, 1.165) is 17.7 Å². The van der Waals surface area contributed by atoms with Crippen molar-refractivity contribution < 1.29 is 9.59 Å². The summed E-state index contributed by atoms with van der Waals surface area (Å²) in [5, 5.41) is 3.61. The van der Waals surface area contributed by atoms with Crippen LogP contribution in [0.1, 0.15) is 36.7 Å². The van der Waals surface area contributed by atoms with Gasteiger partial charge in [-0.2, -0.15) is 0 Å². The average Bonchev–Trinajstić information content (AvgIpc) is 2.96. The number of anilines is 2. The highest BCUT2D eigenvalue weighted by molar-refractivity contribution is 6.37. The van der Waals surface area contributed by atoms with Crippen LogP contribution in [0.4, 0.5) is 11.4 Å². The Morgan fingerprint density at radius 1 is 1.08 bits per heavy atom. The Hall–Kier alpha value is -2.04. The molecule has 0 atom stereocenters. The molecule has 136 valence electrons. The van der Waals surface area contributed by atoms with Crippen LogP contribution in [0.15, 0.2) is 36.4 Å². The lowest BCUT2D eigenvalue weighted by atomic mass is 9.94. The maximum atomic E-state index is 12.7. The monoisotopic (exact) mass is 390 g/mol. The number of hydrogen-bond acceptors (Lipinski definition) is 2. The molecule has 2 amide bonds. The maximum Gasteiger partial charge on any atom is 0.257 e. The van der Waals surface area contributed by atoms with Crippen molar-refractivity contribution in [2.75, 3.05) is 16.8 Å². The molecule has 0 radical (unpaired) electrons. The number of nitrogens with zero attached hydrogens (tertiary/aromatic N) is 1. The predicted molar refractivity (Wildman–Crippen MR) is 106 cm³/mol. The molecule has 2 aromatic rings. The Kier molecular flexibility index (Phi) is 5.00. The van der Waals surface area contributed by atoms with E-state index in [-0.39, 0.29) is 11.8 Å². The van der Waals surface area contributed by atoms with E-state index < -0.39 is 5.41 Å². The van der Waals surface area contributed by atoms with Gasteiger partial charge >= 0.3 is 0 Å². The molecule has 3 rings (SSSR count). The Bertz CT molecular complexity index is 888. The van der Waals surface area contributed by atoms with Gasteiger partial charge in [-0.1, -0.05) is 50.0 Å². The van der Waals surface area contributed by atoms with Crippen molar-refractivity contribution in [3.05, 3.63) is 57.6 Å².